The van der Waals surface area contributed by atoms with Crippen LogP contribution in [0.25, 0.3) is 0 Å². The van der Waals surface area contributed by atoms with Crippen LogP contribution in [0.15, 0.2) is 23.8 Å². The number of hydrogen-bond acceptors (Lipinski definition) is 1. The van der Waals surface area contributed by atoms with Gasteiger partial charge in [0.1, 0.15) is 0 Å². The second-order valence-corrected chi connectivity index (χ2v) is 14.0. The maximum atomic E-state index is 10.3. The van der Waals surface area contributed by atoms with Crippen molar-refractivity contribution in [3.8, 4) is 0 Å². The largest absolute Gasteiger partial charge is 0.393 e. The molecule has 0 amide bonds. The summed E-state index contributed by atoms with van der Waals surface area (Å²) < 4.78 is 0. The Morgan fingerprint density at radius 3 is 2.39 bits per heavy atom. The Labute approximate surface area is 204 Å². The summed E-state index contributed by atoms with van der Waals surface area (Å²) in [5.41, 5.74) is 2.53. The van der Waals surface area contributed by atoms with Gasteiger partial charge in [-0.2, -0.15) is 0 Å². The highest BCUT2D eigenvalue weighted by Crippen LogP contribution is 2.67. The molecule has 0 saturated heterocycles. The van der Waals surface area contributed by atoms with Crippen LogP contribution in [0.5, 0.6) is 0 Å². The summed E-state index contributed by atoms with van der Waals surface area (Å²) in [6.45, 7) is 12.6. The van der Waals surface area contributed by atoms with Crippen LogP contribution in [0.2, 0.25) is 0 Å². The molecule has 0 spiro atoms. The van der Waals surface area contributed by atoms with Gasteiger partial charge in [-0.05, 0) is 135 Å². The third kappa shape index (κ3) is 4.21. The summed E-state index contributed by atoms with van der Waals surface area (Å²) in [6, 6.07) is 0. The molecule has 0 bridgehead atoms. The zero-order valence-electron chi connectivity index (χ0n) is 22.4. The quantitative estimate of drug-likeness (QED) is 0.423. The summed E-state index contributed by atoms with van der Waals surface area (Å²) in [4.78, 5) is 0. The molecule has 186 valence electrons. The fourth-order valence-electron chi connectivity index (χ4n) is 10.0. The zero-order valence-corrected chi connectivity index (χ0v) is 22.4. The van der Waals surface area contributed by atoms with Gasteiger partial charge in [0.2, 0.25) is 0 Å². The molecule has 0 aromatic rings. The Morgan fingerprint density at radius 1 is 0.909 bits per heavy atom. The molecule has 0 radical (unpaired) electrons. The molecule has 1 nitrogen and oxygen atoms in total. The topological polar surface area (TPSA) is 20.2 Å². The first-order valence-electron chi connectivity index (χ1n) is 14.8. The van der Waals surface area contributed by atoms with E-state index in [9.17, 15) is 5.11 Å². The molecule has 4 fully saturated rings. The predicted octanol–water partition coefficient (Wildman–Crippen LogP) is 8.58. The molecular formula is C32H52O. The van der Waals surface area contributed by atoms with Crippen LogP contribution in [-0.4, -0.2) is 11.2 Å². The number of aliphatic hydroxyl groups excluding tert-OH is 1. The number of rotatable bonds is 4. The highest BCUT2D eigenvalue weighted by Gasteiger charge is 2.58. The third-order valence-corrected chi connectivity index (χ3v) is 12.2. The maximum absolute atomic E-state index is 10.3. The molecule has 0 aliphatic heterocycles. The fourth-order valence-corrected chi connectivity index (χ4v) is 10.0. The zero-order chi connectivity index (χ0) is 23.4. The predicted molar refractivity (Wildman–Crippen MR) is 140 cm³/mol. The van der Waals surface area contributed by atoms with E-state index in [1.807, 2.05) is 0 Å². The van der Waals surface area contributed by atoms with Crippen molar-refractivity contribution in [1.29, 1.82) is 0 Å². The van der Waals surface area contributed by atoms with E-state index in [0.717, 1.165) is 60.2 Å². The van der Waals surface area contributed by atoms with Crippen molar-refractivity contribution in [3.05, 3.63) is 23.8 Å². The van der Waals surface area contributed by atoms with Gasteiger partial charge >= 0.3 is 0 Å². The van der Waals surface area contributed by atoms with Gasteiger partial charge in [0.25, 0.3) is 0 Å². The maximum Gasteiger partial charge on any atom is 0.0577 e. The highest BCUT2D eigenvalue weighted by atomic mass is 16.3. The van der Waals surface area contributed by atoms with Gasteiger partial charge in [-0.15, -0.1) is 0 Å². The second-order valence-electron chi connectivity index (χ2n) is 14.0. The first-order valence-corrected chi connectivity index (χ1v) is 14.8. The molecule has 1 N–H and O–H groups in total. The SMILES string of the molecule is CC(C)C1CCC(/C=C/[C@@H](C)[C@H]2CC[C@H]3[C@@H]4CC=C5C[C@@H](O)CC[C@]5(C)[C@H]4CC[C@]23C)CC1. The minimum atomic E-state index is -0.0846. The van der Waals surface area contributed by atoms with Crippen LogP contribution in [-0.2, 0) is 0 Å². The molecule has 0 aromatic heterocycles. The van der Waals surface area contributed by atoms with Crippen LogP contribution in [0, 0.1) is 58.2 Å². The molecule has 0 unspecified atom stereocenters. The van der Waals surface area contributed by atoms with Crippen molar-refractivity contribution >= 4 is 0 Å². The Balaban J connectivity index is 1.25. The van der Waals surface area contributed by atoms with Crippen molar-refractivity contribution < 1.29 is 5.11 Å². The fraction of sp³-hybridized carbons (Fsp3) is 0.875. The van der Waals surface area contributed by atoms with Gasteiger partial charge in [0.05, 0.1) is 6.10 Å². The van der Waals surface area contributed by atoms with Gasteiger partial charge in [0, 0.05) is 0 Å². The molecule has 4 saturated carbocycles. The van der Waals surface area contributed by atoms with Crippen LogP contribution in [0.1, 0.15) is 112 Å². The van der Waals surface area contributed by atoms with Crippen molar-refractivity contribution in [3.63, 3.8) is 0 Å². The highest BCUT2D eigenvalue weighted by molar-refractivity contribution is 5.25. The Morgan fingerprint density at radius 2 is 1.67 bits per heavy atom. The van der Waals surface area contributed by atoms with Crippen molar-refractivity contribution in [2.24, 2.45) is 58.2 Å². The van der Waals surface area contributed by atoms with E-state index < -0.39 is 0 Å². The van der Waals surface area contributed by atoms with Gasteiger partial charge in [-0.1, -0.05) is 58.4 Å². The van der Waals surface area contributed by atoms with E-state index in [2.05, 4.69) is 52.8 Å². The van der Waals surface area contributed by atoms with Crippen LogP contribution in [0.3, 0.4) is 0 Å². The minimum Gasteiger partial charge on any atom is -0.393 e. The first-order chi connectivity index (χ1) is 15.7. The lowest BCUT2D eigenvalue weighted by Crippen LogP contribution is -2.50. The monoisotopic (exact) mass is 452 g/mol. The average Bonchev–Trinajstić information content (AvgIpc) is 3.15. The van der Waals surface area contributed by atoms with Gasteiger partial charge in [-0.3, -0.25) is 0 Å². The molecule has 0 aromatic carbocycles. The lowest BCUT2D eigenvalue weighted by atomic mass is 9.47. The molecule has 8 atom stereocenters. The smallest absolute Gasteiger partial charge is 0.0577 e. The van der Waals surface area contributed by atoms with E-state index in [1.165, 1.54) is 64.2 Å². The minimum absolute atomic E-state index is 0.0846. The van der Waals surface area contributed by atoms with E-state index >= 15 is 0 Å². The van der Waals surface area contributed by atoms with Crippen molar-refractivity contribution in [2.45, 2.75) is 118 Å². The molecular weight excluding hydrogens is 400 g/mol. The normalized spacial score (nSPS) is 48.8. The van der Waals surface area contributed by atoms with Crippen LogP contribution >= 0.6 is 0 Å². The van der Waals surface area contributed by atoms with Gasteiger partial charge in [0.15, 0.2) is 0 Å². The van der Waals surface area contributed by atoms with Gasteiger partial charge in [-0.25, -0.2) is 0 Å². The Hall–Kier alpha value is -0.560. The molecule has 33 heavy (non-hydrogen) atoms. The lowest BCUT2D eigenvalue weighted by Gasteiger charge is -2.58. The standard InChI is InChI=1S/C32H52O/c1-21(2)24-10-8-23(9-11-24)7-6-22(3)28-14-15-29-27-13-12-25-20-26(33)16-18-31(25,4)30(27)17-19-32(28,29)5/h6-7,12,21-24,26-30,33H,8-11,13-20H2,1-5H3/b7-6+/t22-,23?,24?,26+,27+,28-,29+,30+,31+,32-/m1/s1. The van der Waals surface area contributed by atoms with Gasteiger partial charge < -0.3 is 5.11 Å². The molecule has 0 heterocycles. The summed E-state index contributed by atoms with van der Waals surface area (Å²) in [5, 5.41) is 10.3. The van der Waals surface area contributed by atoms with E-state index in [-0.39, 0.29) is 6.10 Å². The van der Waals surface area contributed by atoms with E-state index in [4.69, 9.17) is 0 Å². The lowest BCUT2D eigenvalue weighted by molar-refractivity contribution is -0.0540. The Bertz CT molecular complexity index is 754. The van der Waals surface area contributed by atoms with Crippen molar-refractivity contribution in [2.75, 3.05) is 0 Å². The summed E-state index contributed by atoms with van der Waals surface area (Å²) in [7, 11) is 0. The second kappa shape index (κ2) is 9.15. The molecule has 1 heteroatoms. The third-order valence-electron chi connectivity index (χ3n) is 12.2. The number of hydrogen-bond donors (Lipinski definition) is 1. The Kier molecular flexibility index (Phi) is 6.69. The first kappa shape index (κ1) is 24.1. The van der Waals surface area contributed by atoms with Crippen molar-refractivity contribution in [1.82, 2.24) is 0 Å². The molecule has 5 aliphatic rings. The van der Waals surface area contributed by atoms with E-state index in [1.54, 1.807) is 5.57 Å². The number of allylic oxidation sites excluding steroid dienone is 3. The van der Waals surface area contributed by atoms with Crippen LogP contribution in [0.4, 0.5) is 0 Å². The average molecular weight is 453 g/mol. The summed E-state index contributed by atoms with van der Waals surface area (Å²) in [5.74, 6) is 6.95. The van der Waals surface area contributed by atoms with Crippen LogP contribution < -0.4 is 0 Å². The molecule has 5 aliphatic carbocycles. The van der Waals surface area contributed by atoms with E-state index in [0.29, 0.717) is 10.8 Å². The molecule has 5 rings (SSSR count). The number of fused-ring (bicyclic) bond motifs is 5. The summed E-state index contributed by atoms with van der Waals surface area (Å²) in [6.07, 6.45) is 23.8. The number of aliphatic hydroxyl groups is 1. The summed E-state index contributed by atoms with van der Waals surface area (Å²) >= 11 is 0.